The van der Waals surface area contributed by atoms with Crippen molar-refractivity contribution in [1.29, 1.82) is 0 Å². The molecule has 104 valence electrons. The van der Waals surface area contributed by atoms with Crippen LogP contribution in [0.3, 0.4) is 0 Å². The van der Waals surface area contributed by atoms with Crippen molar-refractivity contribution >= 4 is 5.91 Å². The molecular formula is C15H21FN2O. The minimum Gasteiger partial charge on any atom is -0.340 e. The smallest absolute Gasteiger partial charge is 0.219 e. The molecule has 0 spiro atoms. The first-order chi connectivity index (χ1) is 9.16. The Morgan fingerprint density at radius 2 is 1.89 bits per heavy atom. The number of halogens is 1. The molecule has 1 saturated heterocycles. The molecule has 0 aliphatic carbocycles. The van der Waals surface area contributed by atoms with Crippen LogP contribution in [0.15, 0.2) is 24.3 Å². The van der Waals surface area contributed by atoms with Crippen LogP contribution >= 0.6 is 0 Å². The van der Waals surface area contributed by atoms with Crippen LogP contribution in [0.5, 0.6) is 0 Å². The van der Waals surface area contributed by atoms with Gasteiger partial charge in [0.2, 0.25) is 5.91 Å². The molecule has 0 radical (unpaired) electrons. The number of piperazine rings is 1. The Morgan fingerprint density at radius 3 is 2.53 bits per heavy atom. The van der Waals surface area contributed by atoms with E-state index in [0.29, 0.717) is 0 Å². The first-order valence-electron chi connectivity index (χ1n) is 6.88. The fourth-order valence-electron chi connectivity index (χ4n) is 2.48. The minimum atomic E-state index is -0.108. The van der Waals surface area contributed by atoms with Gasteiger partial charge in [-0.2, -0.15) is 0 Å². The minimum absolute atomic E-state index is 0.108. The number of hydrogen-bond donors (Lipinski definition) is 0. The van der Waals surface area contributed by atoms with Gasteiger partial charge < -0.3 is 4.90 Å². The Kier molecular flexibility index (Phi) is 4.91. The van der Waals surface area contributed by atoms with Gasteiger partial charge in [-0.3, -0.25) is 9.69 Å². The van der Waals surface area contributed by atoms with Crippen LogP contribution in [-0.4, -0.2) is 48.4 Å². The molecule has 1 heterocycles. The van der Waals surface area contributed by atoms with E-state index in [9.17, 15) is 9.18 Å². The molecule has 0 bridgehead atoms. The van der Waals surface area contributed by atoms with Crippen LogP contribution in [0.4, 0.5) is 4.39 Å². The molecule has 0 aromatic heterocycles. The standard InChI is InChI=1S/C15H21FN2O/c1-13(19)18-11-9-17(10-12-18)8-4-6-14-5-2-3-7-15(14)16/h2-3,5,7H,4,6,8-12H2,1H3. The number of amides is 1. The molecule has 2 rings (SSSR count). The zero-order valence-electron chi connectivity index (χ0n) is 11.4. The van der Waals surface area contributed by atoms with Gasteiger partial charge in [0.05, 0.1) is 0 Å². The van der Waals surface area contributed by atoms with Crippen molar-refractivity contribution in [2.24, 2.45) is 0 Å². The molecule has 1 aliphatic heterocycles. The van der Waals surface area contributed by atoms with E-state index in [1.807, 2.05) is 17.0 Å². The second kappa shape index (κ2) is 6.66. The Balaban J connectivity index is 1.70. The molecule has 4 heteroatoms. The van der Waals surface area contributed by atoms with Crippen LogP contribution in [-0.2, 0) is 11.2 Å². The number of carbonyl (C=O) groups is 1. The van der Waals surface area contributed by atoms with Crippen LogP contribution < -0.4 is 0 Å². The van der Waals surface area contributed by atoms with Gasteiger partial charge in [0, 0.05) is 33.1 Å². The van der Waals surface area contributed by atoms with Crippen molar-refractivity contribution in [3.05, 3.63) is 35.6 Å². The molecule has 0 N–H and O–H groups in total. The van der Waals surface area contributed by atoms with Gasteiger partial charge in [0.25, 0.3) is 0 Å². The summed E-state index contributed by atoms with van der Waals surface area (Å²) in [5, 5.41) is 0. The maximum absolute atomic E-state index is 13.4. The number of hydrogen-bond acceptors (Lipinski definition) is 2. The second-order valence-corrected chi connectivity index (χ2v) is 5.04. The van der Waals surface area contributed by atoms with Crippen molar-refractivity contribution < 1.29 is 9.18 Å². The lowest BCUT2D eigenvalue weighted by Crippen LogP contribution is -2.48. The fourth-order valence-corrected chi connectivity index (χ4v) is 2.48. The van der Waals surface area contributed by atoms with Crippen molar-refractivity contribution in [3.63, 3.8) is 0 Å². The lowest BCUT2D eigenvalue weighted by Gasteiger charge is -2.34. The molecule has 1 fully saturated rings. The van der Waals surface area contributed by atoms with Gasteiger partial charge in [0.1, 0.15) is 5.82 Å². The quantitative estimate of drug-likeness (QED) is 0.829. The topological polar surface area (TPSA) is 23.6 Å². The van der Waals surface area contributed by atoms with Crippen LogP contribution in [0.25, 0.3) is 0 Å². The highest BCUT2D eigenvalue weighted by Crippen LogP contribution is 2.10. The van der Waals surface area contributed by atoms with E-state index in [1.54, 1.807) is 13.0 Å². The monoisotopic (exact) mass is 264 g/mol. The third-order valence-corrected chi connectivity index (χ3v) is 3.70. The zero-order chi connectivity index (χ0) is 13.7. The third-order valence-electron chi connectivity index (χ3n) is 3.70. The largest absolute Gasteiger partial charge is 0.340 e. The third kappa shape index (κ3) is 4.03. The van der Waals surface area contributed by atoms with Gasteiger partial charge in [-0.15, -0.1) is 0 Å². The van der Waals surface area contributed by atoms with E-state index in [0.717, 1.165) is 51.1 Å². The first-order valence-corrected chi connectivity index (χ1v) is 6.88. The molecule has 3 nitrogen and oxygen atoms in total. The fraction of sp³-hybridized carbons (Fsp3) is 0.533. The lowest BCUT2D eigenvalue weighted by molar-refractivity contribution is -0.130. The summed E-state index contributed by atoms with van der Waals surface area (Å²) in [6, 6.07) is 6.97. The molecule has 0 atom stereocenters. The highest BCUT2D eigenvalue weighted by Gasteiger charge is 2.17. The molecule has 1 aromatic rings. The maximum atomic E-state index is 13.4. The highest BCUT2D eigenvalue weighted by atomic mass is 19.1. The number of carbonyl (C=O) groups excluding carboxylic acids is 1. The van der Waals surface area contributed by atoms with E-state index in [1.165, 1.54) is 6.07 Å². The summed E-state index contributed by atoms with van der Waals surface area (Å²) in [5.74, 6) is 0.0508. The van der Waals surface area contributed by atoms with Gasteiger partial charge >= 0.3 is 0 Å². The van der Waals surface area contributed by atoms with E-state index in [2.05, 4.69) is 4.90 Å². The average Bonchev–Trinajstić information content (AvgIpc) is 2.41. The summed E-state index contributed by atoms with van der Waals surface area (Å²) in [7, 11) is 0. The van der Waals surface area contributed by atoms with Gasteiger partial charge in [-0.25, -0.2) is 4.39 Å². The van der Waals surface area contributed by atoms with Crippen molar-refractivity contribution in [2.45, 2.75) is 19.8 Å². The predicted molar refractivity (Wildman–Crippen MR) is 73.4 cm³/mol. The highest BCUT2D eigenvalue weighted by molar-refractivity contribution is 5.73. The van der Waals surface area contributed by atoms with Gasteiger partial charge in [-0.05, 0) is 31.0 Å². The molecule has 1 aliphatic rings. The van der Waals surface area contributed by atoms with E-state index in [-0.39, 0.29) is 11.7 Å². The van der Waals surface area contributed by atoms with Crippen LogP contribution in [0.1, 0.15) is 18.9 Å². The molecular weight excluding hydrogens is 243 g/mol. The number of nitrogens with zero attached hydrogens (tertiary/aromatic N) is 2. The Bertz CT molecular complexity index is 428. The van der Waals surface area contributed by atoms with E-state index >= 15 is 0 Å². The van der Waals surface area contributed by atoms with Crippen molar-refractivity contribution in [3.8, 4) is 0 Å². The van der Waals surface area contributed by atoms with Gasteiger partial charge in [-0.1, -0.05) is 18.2 Å². The van der Waals surface area contributed by atoms with Crippen molar-refractivity contribution in [2.75, 3.05) is 32.7 Å². The molecule has 0 unspecified atom stereocenters. The predicted octanol–water partition coefficient (Wildman–Crippen LogP) is 1.92. The summed E-state index contributed by atoms with van der Waals surface area (Å²) in [5.41, 5.74) is 0.796. The molecule has 1 aromatic carbocycles. The normalized spacial score (nSPS) is 16.6. The Morgan fingerprint density at radius 1 is 1.21 bits per heavy atom. The number of aryl methyl sites for hydroxylation is 1. The molecule has 19 heavy (non-hydrogen) atoms. The summed E-state index contributed by atoms with van der Waals surface area (Å²) >= 11 is 0. The second-order valence-electron chi connectivity index (χ2n) is 5.04. The Hall–Kier alpha value is -1.42. The number of benzene rings is 1. The first kappa shape index (κ1) is 14.0. The molecule has 0 saturated carbocycles. The maximum Gasteiger partial charge on any atom is 0.219 e. The van der Waals surface area contributed by atoms with Crippen LogP contribution in [0.2, 0.25) is 0 Å². The number of rotatable bonds is 4. The average molecular weight is 264 g/mol. The summed E-state index contributed by atoms with van der Waals surface area (Å²) in [6.45, 7) is 6.08. The summed E-state index contributed by atoms with van der Waals surface area (Å²) < 4.78 is 13.4. The summed E-state index contributed by atoms with van der Waals surface area (Å²) in [4.78, 5) is 15.4. The van der Waals surface area contributed by atoms with Crippen LogP contribution in [0, 0.1) is 5.82 Å². The zero-order valence-corrected chi connectivity index (χ0v) is 11.4. The Labute approximate surface area is 114 Å². The van der Waals surface area contributed by atoms with Crippen molar-refractivity contribution in [1.82, 2.24) is 9.80 Å². The van der Waals surface area contributed by atoms with Gasteiger partial charge in [0.15, 0.2) is 0 Å². The summed E-state index contributed by atoms with van der Waals surface area (Å²) in [6.07, 6.45) is 1.74. The van der Waals surface area contributed by atoms with E-state index in [4.69, 9.17) is 0 Å². The molecule has 1 amide bonds. The lowest BCUT2D eigenvalue weighted by atomic mass is 10.1. The van der Waals surface area contributed by atoms with E-state index < -0.39 is 0 Å². The SMILES string of the molecule is CC(=O)N1CCN(CCCc2ccccc2F)CC1.